The largest absolute Gasteiger partial charge is 0.457 e. The highest BCUT2D eigenvalue weighted by Crippen LogP contribution is 2.04. The van der Waals surface area contributed by atoms with Gasteiger partial charge in [0, 0.05) is 13.7 Å². The van der Waals surface area contributed by atoms with Crippen molar-refractivity contribution in [3.8, 4) is 0 Å². The smallest absolute Gasteiger partial charge is 0.374 e. The number of methoxy groups -OCH3 is 1. The van der Waals surface area contributed by atoms with E-state index < -0.39 is 12.1 Å². The van der Waals surface area contributed by atoms with E-state index in [0.717, 1.165) is 0 Å². The predicted molar refractivity (Wildman–Crippen MR) is 58.5 cm³/mol. The maximum atomic E-state index is 11.4. The lowest BCUT2D eigenvalue weighted by Gasteiger charge is -2.12. The number of hydrogen-bond acceptors (Lipinski definition) is 5. The third-order valence-corrected chi connectivity index (χ3v) is 1.98. The number of furan rings is 1. The van der Waals surface area contributed by atoms with Gasteiger partial charge in [-0.3, -0.25) is 4.79 Å². The van der Waals surface area contributed by atoms with Crippen LogP contribution in [0.25, 0.3) is 0 Å². The zero-order valence-corrected chi connectivity index (χ0v) is 9.76. The van der Waals surface area contributed by atoms with Crippen LogP contribution < -0.4 is 5.32 Å². The molecule has 0 fully saturated rings. The van der Waals surface area contributed by atoms with Crippen molar-refractivity contribution in [1.82, 2.24) is 5.32 Å². The minimum atomic E-state index is -0.871. The second kappa shape index (κ2) is 6.70. The summed E-state index contributed by atoms with van der Waals surface area (Å²) in [4.78, 5) is 22.9. The molecule has 1 atom stereocenters. The number of rotatable bonds is 6. The lowest BCUT2D eigenvalue weighted by Crippen LogP contribution is -2.37. The van der Waals surface area contributed by atoms with Gasteiger partial charge >= 0.3 is 5.97 Å². The first-order valence-corrected chi connectivity index (χ1v) is 5.16. The van der Waals surface area contributed by atoms with E-state index in [1.54, 1.807) is 6.07 Å². The van der Waals surface area contributed by atoms with E-state index in [4.69, 9.17) is 13.9 Å². The van der Waals surface area contributed by atoms with Gasteiger partial charge in [0.25, 0.3) is 5.91 Å². The molecule has 0 bridgehead atoms. The first-order valence-electron chi connectivity index (χ1n) is 5.16. The van der Waals surface area contributed by atoms with Crippen LogP contribution in [0.5, 0.6) is 0 Å². The summed E-state index contributed by atoms with van der Waals surface area (Å²) in [5, 5.41) is 2.56. The Bertz CT molecular complexity index is 360. The predicted octanol–water partition coefficient (Wildman–Crippen LogP) is 0.587. The van der Waals surface area contributed by atoms with E-state index in [2.05, 4.69) is 5.32 Å². The molecule has 1 rings (SSSR count). The summed E-state index contributed by atoms with van der Waals surface area (Å²) in [6.45, 7) is 2.27. The van der Waals surface area contributed by atoms with E-state index in [9.17, 15) is 9.59 Å². The van der Waals surface area contributed by atoms with Crippen LogP contribution >= 0.6 is 0 Å². The van der Waals surface area contributed by atoms with Crippen LogP contribution in [0.3, 0.4) is 0 Å². The number of ether oxygens (including phenoxy) is 2. The van der Waals surface area contributed by atoms with Gasteiger partial charge in [0.2, 0.25) is 5.76 Å². The molecule has 0 spiro atoms. The van der Waals surface area contributed by atoms with Crippen molar-refractivity contribution in [3.63, 3.8) is 0 Å². The molecule has 0 aliphatic heterocycles. The molecular formula is C11H15NO5. The molecule has 0 saturated carbocycles. The standard InChI is InChI=1S/C11H15NO5/c1-8(10(13)12-5-7-15-2)17-11(14)9-4-3-6-16-9/h3-4,6,8H,5,7H2,1-2H3,(H,12,13)/t8-/m1/s1. The van der Waals surface area contributed by atoms with Crippen LogP contribution in [0.1, 0.15) is 17.5 Å². The quantitative estimate of drug-likeness (QED) is 0.582. The average molecular weight is 241 g/mol. The van der Waals surface area contributed by atoms with Crippen LogP contribution in [-0.4, -0.2) is 38.2 Å². The van der Waals surface area contributed by atoms with E-state index in [-0.39, 0.29) is 11.7 Å². The molecule has 0 saturated heterocycles. The monoisotopic (exact) mass is 241 g/mol. The van der Waals surface area contributed by atoms with Gasteiger partial charge in [-0.25, -0.2) is 4.79 Å². The molecule has 1 aromatic rings. The maximum absolute atomic E-state index is 11.4. The minimum absolute atomic E-state index is 0.0709. The Labute approximate surface area is 98.9 Å². The topological polar surface area (TPSA) is 77.8 Å². The normalized spacial score (nSPS) is 11.9. The molecule has 0 aromatic carbocycles. The summed E-state index contributed by atoms with van der Waals surface area (Å²) in [5.74, 6) is -0.965. The third-order valence-electron chi connectivity index (χ3n) is 1.98. The molecule has 6 heteroatoms. The van der Waals surface area contributed by atoms with Crippen molar-refractivity contribution in [2.24, 2.45) is 0 Å². The van der Waals surface area contributed by atoms with Crippen molar-refractivity contribution in [2.75, 3.05) is 20.3 Å². The summed E-state index contributed by atoms with van der Waals surface area (Å²) in [6.07, 6.45) is 0.490. The number of carbonyl (C=O) groups is 2. The van der Waals surface area contributed by atoms with Gasteiger partial charge in [0.05, 0.1) is 12.9 Å². The van der Waals surface area contributed by atoms with Crippen molar-refractivity contribution in [2.45, 2.75) is 13.0 Å². The average Bonchev–Trinajstić information content (AvgIpc) is 2.82. The molecule has 6 nitrogen and oxygen atoms in total. The summed E-state index contributed by atoms with van der Waals surface area (Å²) in [6, 6.07) is 3.04. The summed E-state index contributed by atoms with van der Waals surface area (Å²) >= 11 is 0. The molecule has 0 aliphatic rings. The van der Waals surface area contributed by atoms with Gasteiger partial charge in [-0.2, -0.15) is 0 Å². The zero-order valence-electron chi connectivity index (χ0n) is 9.76. The minimum Gasteiger partial charge on any atom is -0.457 e. The highest BCUT2D eigenvalue weighted by molar-refractivity contribution is 5.89. The van der Waals surface area contributed by atoms with E-state index in [1.165, 1.54) is 26.4 Å². The number of esters is 1. The van der Waals surface area contributed by atoms with Crippen LogP contribution in [-0.2, 0) is 14.3 Å². The SMILES string of the molecule is COCCNC(=O)[C@@H](C)OC(=O)c1ccco1. The molecule has 0 unspecified atom stereocenters. The highest BCUT2D eigenvalue weighted by Gasteiger charge is 2.19. The van der Waals surface area contributed by atoms with Gasteiger partial charge in [0.15, 0.2) is 6.10 Å². The van der Waals surface area contributed by atoms with Gasteiger partial charge in [-0.1, -0.05) is 0 Å². The molecule has 17 heavy (non-hydrogen) atoms. The van der Waals surface area contributed by atoms with E-state index >= 15 is 0 Å². The third kappa shape index (κ3) is 4.28. The van der Waals surface area contributed by atoms with E-state index in [1.807, 2.05) is 0 Å². The number of hydrogen-bond donors (Lipinski definition) is 1. The zero-order chi connectivity index (χ0) is 12.7. The Morgan fingerprint density at radius 3 is 2.88 bits per heavy atom. The lowest BCUT2D eigenvalue weighted by atomic mass is 10.3. The fraction of sp³-hybridized carbons (Fsp3) is 0.455. The fourth-order valence-corrected chi connectivity index (χ4v) is 1.09. The molecule has 0 aliphatic carbocycles. The first kappa shape index (κ1) is 13.2. The highest BCUT2D eigenvalue weighted by atomic mass is 16.6. The van der Waals surface area contributed by atoms with Crippen molar-refractivity contribution >= 4 is 11.9 Å². The number of amides is 1. The molecule has 1 heterocycles. The second-order valence-electron chi connectivity index (χ2n) is 3.31. The van der Waals surface area contributed by atoms with Crippen LogP contribution in [0.2, 0.25) is 0 Å². The Balaban J connectivity index is 2.35. The summed E-state index contributed by atoms with van der Waals surface area (Å²) in [5.41, 5.74) is 0. The first-order chi connectivity index (χ1) is 8.15. The van der Waals surface area contributed by atoms with Gasteiger partial charge < -0.3 is 19.2 Å². The van der Waals surface area contributed by atoms with Gasteiger partial charge in [-0.15, -0.1) is 0 Å². The maximum Gasteiger partial charge on any atom is 0.374 e. The Morgan fingerprint density at radius 2 is 2.29 bits per heavy atom. The van der Waals surface area contributed by atoms with Crippen LogP contribution in [0, 0.1) is 0 Å². The Morgan fingerprint density at radius 1 is 1.53 bits per heavy atom. The second-order valence-corrected chi connectivity index (χ2v) is 3.31. The van der Waals surface area contributed by atoms with Gasteiger partial charge in [0.1, 0.15) is 0 Å². The molecule has 1 N–H and O–H groups in total. The van der Waals surface area contributed by atoms with Crippen LogP contribution in [0.4, 0.5) is 0 Å². The summed E-state index contributed by atoms with van der Waals surface area (Å²) < 4.78 is 14.5. The van der Waals surface area contributed by atoms with E-state index in [0.29, 0.717) is 13.2 Å². The molecule has 1 amide bonds. The Kier molecular flexibility index (Phi) is 5.22. The molecule has 1 aromatic heterocycles. The number of carbonyl (C=O) groups excluding carboxylic acids is 2. The summed E-state index contributed by atoms with van der Waals surface area (Å²) in [7, 11) is 1.53. The Hall–Kier alpha value is -1.82. The fourth-order valence-electron chi connectivity index (χ4n) is 1.09. The van der Waals surface area contributed by atoms with Crippen molar-refractivity contribution in [1.29, 1.82) is 0 Å². The lowest BCUT2D eigenvalue weighted by molar-refractivity contribution is -0.129. The van der Waals surface area contributed by atoms with Crippen molar-refractivity contribution in [3.05, 3.63) is 24.2 Å². The number of nitrogens with one attached hydrogen (secondary N) is 1. The molecular weight excluding hydrogens is 226 g/mol. The van der Waals surface area contributed by atoms with Crippen molar-refractivity contribution < 1.29 is 23.5 Å². The molecule has 94 valence electrons. The van der Waals surface area contributed by atoms with Crippen LogP contribution in [0.15, 0.2) is 22.8 Å². The van der Waals surface area contributed by atoms with Gasteiger partial charge in [-0.05, 0) is 19.1 Å². The molecule has 0 radical (unpaired) electrons.